The highest BCUT2D eigenvalue weighted by molar-refractivity contribution is 6.10. The van der Waals surface area contributed by atoms with E-state index in [0.717, 1.165) is 12.8 Å². The van der Waals surface area contributed by atoms with Crippen molar-refractivity contribution in [2.24, 2.45) is 5.41 Å². The van der Waals surface area contributed by atoms with Gasteiger partial charge in [-0.15, -0.1) is 18.8 Å². The topological polar surface area (TPSA) is 97.8 Å². The van der Waals surface area contributed by atoms with E-state index in [9.17, 15) is 18.0 Å². The molecular weight excluding hydrogens is 721 g/mol. The number of carbonyl (C=O) groups is 1. The zero-order valence-corrected chi connectivity index (χ0v) is 31.1. The second kappa shape index (κ2) is 15.5. The molecule has 2 bridgehead atoms. The van der Waals surface area contributed by atoms with Crippen molar-refractivity contribution >= 4 is 39.1 Å². The first-order valence-electron chi connectivity index (χ1n) is 17.9. The van der Waals surface area contributed by atoms with Crippen molar-refractivity contribution in [3.05, 3.63) is 47.5 Å². The van der Waals surface area contributed by atoms with Gasteiger partial charge in [0.1, 0.15) is 22.9 Å². The molecule has 55 heavy (non-hydrogen) atoms. The first-order chi connectivity index (χ1) is 26.1. The van der Waals surface area contributed by atoms with Gasteiger partial charge in [0.2, 0.25) is 5.91 Å². The summed E-state index contributed by atoms with van der Waals surface area (Å²) in [5.41, 5.74) is -1.45. The minimum absolute atomic E-state index is 0.0159. The second-order valence-electron chi connectivity index (χ2n) is 15.0. The van der Waals surface area contributed by atoms with Gasteiger partial charge < -0.3 is 29.7 Å². The van der Waals surface area contributed by atoms with Crippen molar-refractivity contribution in [1.29, 1.82) is 0 Å². The molecule has 0 radical (unpaired) electrons. The van der Waals surface area contributed by atoms with E-state index in [1.807, 2.05) is 4.90 Å². The summed E-state index contributed by atoms with van der Waals surface area (Å²) in [6, 6.07) is 6.45. The summed E-state index contributed by atoms with van der Waals surface area (Å²) in [4.78, 5) is 24.1. The quantitative estimate of drug-likeness (QED) is 0.0647. The fraction of sp³-hybridized carbons (Fsp3) is 0.439. The van der Waals surface area contributed by atoms with Crippen LogP contribution in [0.5, 0.6) is 11.8 Å². The number of nitrogens with zero attached hydrogens (tertiary/aromatic N) is 3. The smallest absolute Gasteiger partial charge is 0.422 e. The number of methoxy groups -OCH3 is 1. The van der Waals surface area contributed by atoms with Crippen LogP contribution in [0.3, 0.4) is 0 Å². The van der Waals surface area contributed by atoms with Gasteiger partial charge in [-0.05, 0) is 66.3 Å². The molecule has 2 aliphatic heterocycles. The number of hydrogen-bond acceptors (Lipinski definition) is 8. The summed E-state index contributed by atoms with van der Waals surface area (Å²) in [7, 11) is 1.41. The highest BCUT2D eigenvalue weighted by Crippen LogP contribution is 2.47. The van der Waals surface area contributed by atoms with Crippen LogP contribution >= 0.6 is 0 Å². The number of benzene rings is 3. The molecule has 2 saturated heterocycles. The van der Waals surface area contributed by atoms with Crippen molar-refractivity contribution < 1.29 is 41.0 Å². The van der Waals surface area contributed by atoms with Crippen LogP contribution in [0.1, 0.15) is 64.9 Å². The van der Waals surface area contributed by atoms with E-state index in [1.54, 1.807) is 6.07 Å². The molecule has 4 aromatic rings. The standard InChI is InChI=1S/C41H42F5N5O4/c1-7-9-10-11-12-32(52)47-31-19-29-36(35(43)34(31)28-18-26(55-23-53-6)17-24-13-14-30(42)27(8-2)33(24)28)48-38(54-22-41(44,45)46)49-37(29)51-20-25-15-16-40(21-51,50-25)39(3,4)5/h1-2,13-14,17-19,25,50H,9-12,15-16,20-23H2,3-6H3,(H,47,52)/t25-,40-/m0/s1. The van der Waals surface area contributed by atoms with Gasteiger partial charge in [0.05, 0.1) is 11.3 Å². The summed E-state index contributed by atoms with van der Waals surface area (Å²) in [6.45, 7) is 5.22. The molecule has 3 aromatic carbocycles. The Bertz CT molecular complexity index is 2210. The molecule has 6 rings (SSSR count). The van der Waals surface area contributed by atoms with Crippen LogP contribution in [-0.2, 0) is 9.53 Å². The molecule has 14 heteroatoms. The Hall–Kier alpha value is -5.18. The number of alkyl halides is 3. The maximum absolute atomic E-state index is 17.7. The van der Waals surface area contributed by atoms with Crippen molar-refractivity contribution in [3.63, 3.8) is 0 Å². The van der Waals surface area contributed by atoms with Crippen LogP contribution in [0.25, 0.3) is 32.8 Å². The summed E-state index contributed by atoms with van der Waals surface area (Å²) in [6.07, 6.45) is 9.67. The van der Waals surface area contributed by atoms with E-state index in [4.69, 9.17) is 27.1 Å². The molecule has 290 valence electrons. The highest BCUT2D eigenvalue weighted by Gasteiger charge is 2.52. The van der Waals surface area contributed by atoms with Crippen LogP contribution in [-0.4, -0.2) is 67.2 Å². The summed E-state index contributed by atoms with van der Waals surface area (Å²) >= 11 is 0. The Labute approximate surface area is 316 Å². The number of anilines is 2. The summed E-state index contributed by atoms with van der Waals surface area (Å²) in [5.74, 6) is 2.98. The largest absolute Gasteiger partial charge is 0.468 e. The van der Waals surface area contributed by atoms with Gasteiger partial charge in [-0.3, -0.25) is 4.79 Å². The molecule has 1 aromatic heterocycles. The Kier molecular flexibility index (Phi) is 11.1. The van der Waals surface area contributed by atoms with Gasteiger partial charge in [-0.25, -0.2) is 8.78 Å². The maximum atomic E-state index is 17.7. The minimum Gasteiger partial charge on any atom is -0.468 e. The Morgan fingerprint density at radius 2 is 1.89 bits per heavy atom. The zero-order chi connectivity index (χ0) is 39.7. The third kappa shape index (κ3) is 8.12. The Morgan fingerprint density at radius 1 is 1.11 bits per heavy atom. The molecule has 9 nitrogen and oxygen atoms in total. The first kappa shape index (κ1) is 39.5. The van der Waals surface area contributed by atoms with Gasteiger partial charge >= 0.3 is 12.2 Å². The molecule has 0 saturated carbocycles. The molecule has 0 spiro atoms. The number of carbonyl (C=O) groups excluding carboxylic acids is 1. The van der Waals surface area contributed by atoms with Crippen LogP contribution in [0.4, 0.5) is 33.5 Å². The van der Waals surface area contributed by atoms with Crippen LogP contribution in [0.2, 0.25) is 0 Å². The van der Waals surface area contributed by atoms with Gasteiger partial charge in [-0.1, -0.05) is 32.8 Å². The zero-order valence-electron chi connectivity index (χ0n) is 31.1. The predicted molar refractivity (Wildman–Crippen MR) is 201 cm³/mol. The van der Waals surface area contributed by atoms with Crippen molar-refractivity contribution in [2.75, 3.05) is 43.8 Å². The first-order valence-corrected chi connectivity index (χ1v) is 17.9. The number of halogens is 5. The van der Waals surface area contributed by atoms with E-state index < -0.39 is 41.9 Å². The Balaban J connectivity index is 1.65. The van der Waals surface area contributed by atoms with Gasteiger partial charge in [0, 0.05) is 61.0 Å². The number of piperazine rings is 1. The number of rotatable bonds is 12. The lowest BCUT2D eigenvalue weighted by Gasteiger charge is -2.49. The Morgan fingerprint density at radius 3 is 2.58 bits per heavy atom. The molecule has 0 aliphatic carbocycles. The molecule has 2 fully saturated rings. The average molecular weight is 764 g/mol. The van der Waals surface area contributed by atoms with E-state index in [0.29, 0.717) is 37.7 Å². The second-order valence-corrected chi connectivity index (χ2v) is 15.0. The number of fused-ring (bicyclic) bond motifs is 4. The molecule has 2 aliphatic rings. The summed E-state index contributed by atoms with van der Waals surface area (Å²) < 4.78 is 89.3. The van der Waals surface area contributed by atoms with Crippen molar-refractivity contribution in [1.82, 2.24) is 15.3 Å². The number of terminal acetylenes is 2. The molecule has 0 unspecified atom stereocenters. The SMILES string of the molecule is C#CCCCCC(=O)Nc1cc2c(N3C[C@@H]4CC[C@@](C(C)(C)C)(C3)N4)nc(OCC(F)(F)F)nc2c(F)c1-c1cc(OCOC)cc2ccc(F)c(C#C)c12. The number of amides is 1. The lowest BCUT2D eigenvalue weighted by atomic mass is 9.72. The number of hydrogen-bond donors (Lipinski definition) is 2. The van der Waals surface area contributed by atoms with Crippen molar-refractivity contribution in [3.8, 4) is 47.6 Å². The van der Waals surface area contributed by atoms with E-state index in [-0.39, 0.29) is 74.9 Å². The average Bonchev–Trinajstić information content (AvgIpc) is 3.45. The fourth-order valence-electron chi connectivity index (χ4n) is 7.56. The lowest BCUT2D eigenvalue weighted by Crippen LogP contribution is -2.65. The minimum atomic E-state index is -4.74. The highest BCUT2D eigenvalue weighted by atomic mass is 19.4. The van der Waals surface area contributed by atoms with E-state index in [2.05, 4.69) is 53.2 Å². The van der Waals surface area contributed by atoms with Gasteiger partial charge in [0.15, 0.2) is 19.2 Å². The normalized spacial score (nSPS) is 18.3. The third-order valence-electron chi connectivity index (χ3n) is 10.3. The maximum Gasteiger partial charge on any atom is 0.422 e. The van der Waals surface area contributed by atoms with Gasteiger partial charge in [0.25, 0.3) is 0 Å². The van der Waals surface area contributed by atoms with Crippen LogP contribution < -0.4 is 25.0 Å². The lowest BCUT2D eigenvalue weighted by molar-refractivity contribution is -0.154. The van der Waals surface area contributed by atoms with Crippen LogP contribution in [0.15, 0.2) is 30.3 Å². The number of nitrogens with one attached hydrogen (secondary N) is 2. The molecule has 1 amide bonds. The predicted octanol–water partition coefficient (Wildman–Crippen LogP) is 8.12. The number of unbranched alkanes of at least 4 members (excludes halogenated alkanes) is 2. The van der Waals surface area contributed by atoms with E-state index >= 15 is 8.78 Å². The van der Waals surface area contributed by atoms with Crippen LogP contribution in [0, 0.1) is 41.7 Å². The van der Waals surface area contributed by atoms with Gasteiger partial charge in [-0.2, -0.15) is 23.1 Å². The fourth-order valence-corrected chi connectivity index (χ4v) is 7.56. The molecule has 2 atom stereocenters. The number of ether oxygens (including phenoxy) is 3. The van der Waals surface area contributed by atoms with E-state index in [1.165, 1.54) is 31.4 Å². The summed E-state index contributed by atoms with van der Waals surface area (Å²) in [5, 5.41) is 7.20. The number of aromatic nitrogens is 2. The molecule has 3 heterocycles. The molecular formula is C41H42F5N5O4. The third-order valence-corrected chi connectivity index (χ3v) is 10.3. The monoisotopic (exact) mass is 763 g/mol. The molecule has 2 N–H and O–H groups in total. The van der Waals surface area contributed by atoms with Crippen molar-refractivity contribution in [2.45, 2.75) is 77.1 Å².